The zero-order chi connectivity index (χ0) is 16.9. The van der Waals surface area contributed by atoms with Gasteiger partial charge in [0.05, 0.1) is 19.6 Å². The first-order valence-corrected chi connectivity index (χ1v) is 8.23. The minimum atomic E-state index is -0.0131. The number of carbonyl (C=O) groups is 1. The van der Waals surface area contributed by atoms with Crippen molar-refractivity contribution in [1.82, 2.24) is 15.2 Å². The molecule has 0 spiro atoms. The maximum Gasteiger partial charge on any atom is 0.227 e. The molecule has 2 heterocycles. The molecule has 1 aromatic carbocycles. The van der Waals surface area contributed by atoms with Crippen LogP contribution in [0.15, 0.2) is 42.6 Å². The molecule has 1 unspecified atom stereocenters. The van der Waals surface area contributed by atoms with E-state index in [0.717, 1.165) is 35.7 Å². The van der Waals surface area contributed by atoms with Crippen molar-refractivity contribution in [3.05, 3.63) is 59.4 Å². The van der Waals surface area contributed by atoms with Crippen molar-refractivity contribution >= 4 is 30.7 Å². The van der Waals surface area contributed by atoms with Gasteiger partial charge in [-0.15, -0.1) is 24.8 Å². The first kappa shape index (κ1) is 22.2. The molecule has 1 aliphatic heterocycles. The predicted molar refractivity (Wildman–Crippen MR) is 107 cm³/mol. The highest BCUT2D eigenvalue weighted by atomic mass is 35.5. The Morgan fingerprint density at radius 1 is 1.27 bits per heavy atom. The monoisotopic (exact) mass is 397 g/mol. The van der Waals surface area contributed by atoms with Crippen LogP contribution in [0.5, 0.6) is 5.75 Å². The molecule has 1 fully saturated rings. The van der Waals surface area contributed by atoms with Gasteiger partial charge in [0.2, 0.25) is 5.91 Å². The molecule has 0 saturated carbocycles. The highest BCUT2D eigenvalue weighted by Gasteiger charge is 2.29. The molecule has 1 aliphatic rings. The second-order valence-electron chi connectivity index (χ2n) is 6.03. The number of amides is 1. The summed E-state index contributed by atoms with van der Waals surface area (Å²) in [5.41, 5.74) is 2.95. The summed E-state index contributed by atoms with van der Waals surface area (Å²) in [4.78, 5) is 19.1. The molecule has 26 heavy (non-hydrogen) atoms. The first-order valence-electron chi connectivity index (χ1n) is 8.23. The van der Waals surface area contributed by atoms with Crippen LogP contribution in [0, 0.1) is 6.92 Å². The van der Waals surface area contributed by atoms with E-state index in [1.165, 1.54) is 0 Å². The number of piperazine rings is 1. The maximum atomic E-state index is 12.9. The Morgan fingerprint density at radius 3 is 2.73 bits per heavy atom. The lowest BCUT2D eigenvalue weighted by atomic mass is 10.0. The fourth-order valence-corrected chi connectivity index (χ4v) is 3.10. The van der Waals surface area contributed by atoms with E-state index in [4.69, 9.17) is 4.74 Å². The maximum absolute atomic E-state index is 12.9. The molecule has 5 nitrogen and oxygen atoms in total. The third kappa shape index (κ3) is 5.10. The van der Waals surface area contributed by atoms with Gasteiger partial charge in [0.1, 0.15) is 5.75 Å². The molecule has 0 radical (unpaired) electrons. The van der Waals surface area contributed by atoms with Crippen molar-refractivity contribution in [2.45, 2.75) is 19.4 Å². The number of aromatic nitrogens is 1. The van der Waals surface area contributed by atoms with Gasteiger partial charge in [-0.1, -0.05) is 24.3 Å². The zero-order valence-electron chi connectivity index (χ0n) is 15.0. The van der Waals surface area contributed by atoms with Crippen LogP contribution in [0.2, 0.25) is 0 Å². The van der Waals surface area contributed by atoms with E-state index in [-0.39, 0.29) is 36.8 Å². The third-order valence-electron chi connectivity index (χ3n) is 4.39. The van der Waals surface area contributed by atoms with Gasteiger partial charge in [-0.05, 0) is 24.6 Å². The average Bonchev–Trinajstić information content (AvgIpc) is 2.63. The SMILES string of the molecule is COc1ccccc1C1CNCCN1C(=O)Cc1ccc(C)nc1.Cl.Cl. The molecule has 0 aliphatic carbocycles. The number of halogens is 2. The Kier molecular flexibility index (Phi) is 8.85. The summed E-state index contributed by atoms with van der Waals surface area (Å²) in [7, 11) is 1.67. The summed E-state index contributed by atoms with van der Waals surface area (Å²) in [5.74, 6) is 0.944. The molecule has 1 N–H and O–H groups in total. The molecule has 1 saturated heterocycles. The minimum Gasteiger partial charge on any atom is -0.496 e. The van der Waals surface area contributed by atoms with Crippen LogP contribution in [0.4, 0.5) is 0 Å². The number of aryl methyl sites for hydroxylation is 1. The van der Waals surface area contributed by atoms with Crippen LogP contribution in [-0.2, 0) is 11.2 Å². The van der Waals surface area contributed by atoms with Crippen molar-refractivity contribution in [1.29, 1.82) is 0 Å². The van der Waals surface area contributed by atoms with Gasteiger partial charge < -0.3 is 15.0 Å². The molecule has 1 aromatic heterocycles. The van der Waals surface area contributed by atoms with E-state index in [1.54, 1.807) is 13.3 Å². The number of nitrogens with zero attached hydrogens (tertiary/aromatic N) is 2. The number of rotatable bonds is 4. The van der Waals surface area contributed by atoms with Crippen LogP contribution in [0.25, 0.3) is 0 Å². The predicted octanol–water partition coefficient (Wildman–Crippen LogP) is 2.96. The highest BCUT2D eigenvalue weighted by Crippen LogP contribution is 2.30. The van der Waals surface area contributed by atoms with Gasteiger partial charge in [-0.25, -0.2) is 0 Å². The Morgan fingerprint density at radius 2 is 2.04 bits per heavy atom. The van der Waals surface area contributed by atoms with Gasteiger partial charge in [-0.2, -0.15) is 0 Å². The normalized spacial score (nSPS) is 16.2. The molecule has 7 heteroatoms. The van der Waals surface area contributed by atoms with Crippen molar-refractivity contribution in [2.75, 3.05) is 26.7 Å². The summed E-state index contributed by atoms with van der Waals surface area (Å²) in [6, 6.07) is 11.8. The third-order valence-corrected chi connectivity index (χ3v) is 4.39. The van der Waals surface area contributed by atoms with Crippen LogP contribution < -0.4 is 10.1 Å². The molecular formula is C19H25Cl2N3O2. The number of benzene rings is 1. The van der Waals surface area contributed by atoms with Gasteiger partial charge in [-0.3, -0.25) is 9.78 Å². The molecular weight excluding hydrogens is 373 g/mol. The van der Waals surface area contributed by atoms with Crippen LogP contribution >= 0.6 is 24.8 Å². The minimum absolute atomic E-state index is 0. The second kappa shape index (κ2) is 10.4. The van der Waals surface area contributed by atoms with Crippen molar-refractivity contribution in [3.8, 4) is 5.75 Å². The number of ether oxygens (including phenoxy) is 1. The Labute approximate surface area is 167 Å². The standard InChI is InChI=1S/C19H23N3O2.2ClH/c1-14-7-8-15(12-21-14)11-19(23)22-10-9-20-13-17(22)16-5-3-4-6-18(16)24-2;;/h3-8,12,17,20H,9-11,13H2,1-2H3;2*1H. The van der Waals surface area contributed by atoms with Crippen LogP contribution in [0.1, 0.15) is 22.9 Å². The van der Waals surface area contributed by atoms with Crippen molar-refractivity contribution < 1.29 is 9.53 Å². The smallest absolute Gasteiger partial charge is 0.227 e. The lowest BCUT2D eigenvalue weighted by Crippen LogP contribution is -2.49. The molecule has 0 bridgehead atoms. The number of methoxy groups -OCH3 is 1. The van der Waals surface area contributed by atoms with E-state index >= 15 is 0 Å². The van der Waals surface area contributed by atoms with Gasteiger partial charge in [0.15, 0.2) is 0 Å². The van der Waals surface area contributed by atoms with E-state index in [0.29, 0.717) is 13.0 Å². The number of pyridine rings is 1. The largest absolute Gasteiger partial charge is 0.496 e. The molecule has 3 rings (SSSR count). The van der Waals surface area contributed by atoms with Crippen LogP contribution in [0.3, 0.4) is 0 Å². The first-order chi connectivity index (χ1) is 11.7. The Hall–Kier alpha value is -1.82. The molecule has 1 amide bonds. The lowest BCUT2D eigenvalue weighted by Gasteiger charge is -2.37. The molecule has 1 atom stereocenters. The Balaban J connectivity index is 0.00000169. The Bertz CT molecular complexity index is 710. The van der Waals surface area contributed by atoms with Crippen molar-refractivity contribution in [3.63, 3.8) is 0 Å². The fraction of sp³-hybridized carbons (Fsp3) is 0.368. The summed E-state index contributed by atoms with van der Waals surface area (Å²) < 4.78 is 5.48. The number of hydrogen-bond acceptors (Lipinski definition) is 4. The summed E-state index contributed by atoms with van der Waals surface area (Å²) in [5, 5.41) is 3.38. The molecule has 2 aromatic rings. The lowest BCUT2D eigenvalue weighted by molar-refractivity contribution is -0.133. The van der Waals surface area contributed by atoms with E-state index in [9.17, 15) is 4.79 Å². The van der Waals surface area contributed by atoms with Gasteiger partial charge in [0.25, 0.3) is 0 Å². The number of carbonyl (C=O) groups excluding carboxylic acids is 1. The summed E-state index contributed by atoms with van der Waals surface area (Å²) >= 11 is 0. The summed E-state index contributed by atoms with van der Waals surface area (Å²) in [6.07, 6.45) is 2.16. The van der Waals surface area contributed by atoms with Crippen molar-refractivity contribution in [2.24, 2.45) is 0 Å². The second-order valence-corrected chi connectivity index (χ2v) is 6.03. The fourth-order valence-electron chi connectivity index (χ4n) is 3.10. The number of hydrogen-bond donors (Lipinski definition) is 1. The van der Waals surface area contributed by atoms with E-state index in [1.807, 2.05) is 48.2 Å². The van der Waals surface area contributed by atoms with Gasteiger partial charge in [0, 0.05) is 37.1 Å². The van der Waals surface area contributed by atoms with E-state index in [2.05, 4.69) is 10.3 Å². The zero-order valence-corrected chi connectivity index (χ0v) is 16.6. The number of para-hydroxylation sites is 1. The quantitative estimate of drug-likeness (QED) is 0.861. The van der Waals surface area contributed by atoms with E-state index < -0.39 is 0 Å². The molecule has 142 valence electrons. The van der Waals surface area contributed by atoms with Gasteiger partial charge >= 0.3 is 0 Å². The van der Waals surface area contributed by atoms with Crippen LogP contribution in [-0.4, -0.2) is 42.5 Å². The average molecular weight is 398 g/mol. The number of nitrogens with one attached hydrogen (secondary N) is 1. The summed E-state index contributed by atoms with van der Waals surface area (Å²) in [6.45, 7) is 4.18. The topological polar surface area (TPSA) is 54.5 Å². The highest BCUT2D eigenvalue weighted by molar-refractivity contribution is 5.85.